The molecule has 0 aliphatic carbocycles. The number of fused-ring (bicyclic) bond motifs is 1. The molecule has 0 spiro atoms. The molecule has 2 N–H and O–H groups in total. The van der Waals surface area contributed by atoms with E-state index in [1.165, 1.54) is 6.07 Å². The Bertz CT molecular complexity index is 1370. The summed E-state index contributed by atoms with van der Waals surface area (Å²) in [4.78, 5) is 27.3. The zero-order chi connectivity index (χ0) is 24.5. The van der Waals surface area contributed by atoms with E-state index in [1.807, 2.05) is 6.92 Å². The molecular weight excluding hydrogens is 450 g/mol. The van der Waals surface area contributed by atoms with Crippen LogP contribution in [0.25, 0.3) is 11.5 Å². The first-order valence-corrected chi connectivity index (χ1v) is 11.2. The normalized spacial score (nSPS) is 14.7. The largest absolute Gasteiger partial charge is 0.504 e. The molecule has 9 nitrogen and oxygen atoms in total. The van der Waals surface area contributed by atoms with Crippen molar-refractivity contribution in [2.24, 2.45) is 0 Å². The highest BCUT2D eigenvalue weighted by Gasteiger charge is 2.44. The lowest BCUT2D eigenvalue weighted by molar-refractivity contribution is 0.0526. The molecule has 1 aliphatic rings. The van der Waals surface area contributed by atoms with Crippen LogP contribution in [0.15, 0.2) is 65.3 Å². The van der Waals surface area contributed by atoms with Gasteiger partial charge in [0.25, 0.3) is 5.91 Å². The van der Waals surface area contributed by atoms with E-state index in [9.17, 15) is 14.7 Å². The van der Waals surface area contributed by atoms with Crippen LogP contribution in [0.5, 0.6) is 11.5 Å². The molecule has 2 aromatic carbocycles. The maximum Gasteiger partial charge on any atom is 0.338 e. The number of benzene rings is 2. The third-order valence-corrected chi connectivity index (χ3v) is 5.78. The van der Waals surface area contributed by atoms with Gasteiger partial charge in [-0.3, -0.25) is 14.8 Å². The number of esters is 1. The smallest absolute Gasteiger partial charge is 0.338 e. The fourth-order valence-corrected chi connectivity index (χ4v) is 4.28. The van der Waals surface area contributed by atoms with Crippen LogP contribution >= 0.6 is 0 Å². The Morgan fingerprint density at radius 2 is 1.94 bits per heavy atom. The lowest BCUT2D eigenvalue weighted by atomic mass is 9.97. The lowest BCUT2D eigenvalue weighted by Crippen LogP contribution is -2.29. The molecule has 2 aromatic heterocycles. The number of carbonyl (C=O) groups is 2. The molecule has 1 aliphatic heterocycles. The zero-order valence-electron chi connectivity index (χ0n) is 19.1. The van der Waals surface area contributed by atoms with Crippen LogP contribution in [0.3, 0.4) is 0 Å². The molecule has 4 aromatic rings. The van der Waals surface area contributed by atoms with Crippen molar-refractivity contribution < 1.29 is 28.6 Å². The summed E-state index contributed by atoms with van der Waals surface area (Å²) in [6, 6.07) is 14.6. The van der Waals surface area contributed by atoms with Crippen LogP contribution < -0.4 is 9.64 Å². The number of aromatic nitrogens is 2. The number of ether oxygens (including phenoxy) is 2. The average molecular weight is 473 g/mol. The molecule has 0 unspecified atom stereocenters. The summed E-state index contributed by atoms with van der Waals surface area (Å²) in [5.74, 6) is 0.112. The summed E-state index contributed by atoms with van der Waals surface area (Å²) in [6.45, 7) is 4.21. The first-order valence-electron chi connectivity index (χ1n) is 11.2. The summed E-state index contributed by atoms with van der Waals surface area (Å²) < 4.78 is 16.3. The van der Waals surface area contributed by atoms with Crippen molar-refractivity contribution >= 4 is 17.6 Å². The van der Waals surface area contributed by atoms with Gasteiger partial charge < -0.3 is 19.0 Å². The molecule has 1 atom stereocenters. The van der Waals surface area contributed by atoms with Crippen LogP contribution in [-0.2, 0) is 4.74 Å². The second-order valence-corrected chi connectivity index (χ2v) is 7.84. The molecule has 0 fully saturated rings. The molecule has 1 amide bonds. The van der Waals surface area contributed by atoms with Crippen molar-refractivity contribution in [2.75, 3.05) is 18.1 Å². The SMILES string of the molecule is CCOC(=O)c1ccc(N2C(=O)c3n[nH]c(-c4ccco4)c3[C@H]2c2ccc(O)c(OCC)c2)cc1. The Morgan fingerprint density at radius 3 is 2.63 bits per heavy atom. The Labute approximate surface area is 200 Å². The van der Waals surface area contributed by atoms with Crippen LogP contribution in [0, 0.1) is 0 Å². The van der Waals surface area contributed by atoms with Crippen LogP contribution in [0.2, 0.25) is 0 Å². The fraction of sp³-hybridized carbons (Fsp3) is 0.192. The van der Waals surface area contributed by atoms with E-state index < -0.39 is 12.0 Å². The minimum Gasteiger partial charge on any atom is -0.504 e. The molecule has 9 heteroatoms. The van der Waals surface area contributed by atoms with Crippen molar-refractivity contribution in [1.82, 2.24) is 10.2 Å². The summed E-state index contributed by atoms with van der Waals surface area (Å²) in [5.41, 5.74) is 3.16. The van der Waals surface area contributed by atoms with E-state index in [0.717, 1.165) is 0 Å². The van der Waals surface area contributed by atoms with Gasteiger partial charge in [0.2, 0.25) is 0 Å². The number of H-pyrrole nitrogens is 1. The molecule has 35 heavy (non-hydrogen) atoms. The second-order valence-electron chi connectivity index (χ2n) is 7.84. The predicted octanol–water partition coefficient (Wildman–Crippen LogP) is 4.70. The number of phenolic OH excluding ortho intramolecular Hbond substituents is 1. The standard InChI is InChI=1S/C26H23N3O6/c1-3-33-20-14-16(9-12-18(20)30)24-21-22(19-6-5-13-35-19)27-28-23(21)25(31)29(24)17-10-7-15(8-11-17)26(32)34-4-2/h5-14,24,30H,3-4H2,1-2H3,(H,27,28)/t24-/m1/s1. The maximum atomic E-state index is 13.6. The molecule has 0 radical (unpaired) electrons. The fourth-order valence-electron chi connectivity index (χ4n) is 4.28. The van der Waals surface area contributed by atoms with Crippen molar-refractivity contribution in [2.45, 2.75) is 19.9 Å². The highest BCUT2D eigenvalue weighted by atomic mass is 16.5. The van der Waals surface area contributed by atoms with Gasteiger partial charge in [-0.25, -0.2) is 4.79 Å². The maximum absolute atomic E-state index is 13.6. The lowest BCUT2D eigenvalue weighted by Gasteiger charge is -2.27. The van der Waals surface area contributed by atoms with Crippen LogP contribution in [0.4, 0.5) is 5.69 Å². The van der Waals surface area contributed by atoms with Crippen LogP contribution in [0.1, 0.15) is 51.9 Å². The Hall–Kier alpha value is -4.53. The van der Waals surface area contributed by atoms with Gasteiger partial charge in [-0.1, -0.05) is 6.07 Å². The van der Waals surface area contributed by atoms with E-state index in [1.54, 1.807) is 66.6 Å². The van der Waals surface area contributed by atoms with E-state index in [0.29, 0.717) is 46.2 Å². The van der Waals surface area contributed by atoms with Crippen molar-refractivity contribution in [1.29, 1.82) is 0 Å². The molecule has 0 saturated carbocycles. The number of aromatic hydroxyl groups is 1. The predicted molar refractivity (Wildman–Crippen MR) is 127 cm³/mol. The van der Waals surface area contributed by atoms with Gasteiger partial charge in [0.15, 0.2) is 23.0 Å². The van der Waals surface area contributed by atoms with Gasteiger partial charge in [0.1, 0.15) is 5.69 Å². The summed E-state index contributed by atoms with van der Waals surface area (Å²) in [5, 5.41) is 17.5. The number of furan rings is 1. The average Bonchev–Trinajstić information content (AvgIpc) is 3.59. The van der Waals surface area contributed by atoms with Gasteiger partial charge in [-0.15, -0.1) is 0 Å². The quantitative estimate of drug-likeness (QED) is 0.374. The number of nitrogens with one attached hydrogen (secondary N) is 1. The number of aromatic amines is 1. The van der Waals surface area contributed by atoms with E-state index in [2.05, 4.69) is 10.2 Å². The van der Waals surface area contributed by atoms with E-state index >= 15 is 0 Å². The van der Waals surface area contributed by atoms with Crippen molar-refractivity contribution in [3.8, 4) is 23.0 Å². The number of carbonyl (C=O) groups excluding carboxylic acids is 2. The minimum absolute atomic E-state index is 0.00365. The third kappa shape index (κ3) is 3.80. The Kier molecular flexibility index (Phi) is 5.74. The van der Waals surface area contributed by atoms with Gasteiger partial charge in [0, 0.05) is 11.3 Å². The van der Waals surface area contributed by atoms with Gasteiger partial charge in [-0.05, 0) is 67.9 Å². The topological polar surface area (TPSA) is 118 Å². The number of rotatable bonds is 7. The number of phenols is 1. The minimum atomic E-state index is -0.593. The zero-order valence-corrected chi connectivity index (χ0v) is 19.1. The number of nitrogens with zero attached hydrogens (tertiary/aromatic N) is 2. The Balaban J connectivity index is 1.64. The highest BCUT2D eigenvalue weighted by molar-refractivity contribution is 6.11. The molecule has 0 bridgehead atoms. The summed E-state index contributed by atoms with van der Waals surface area (Å²) in [7, 11) is 0. The number of amides is 1. The van der Waals surface area contributed by atoms with Crippen molar-refractivity contribution in [3.05, 3.63) is 83.2 Å². The number of hydrogen-bond acceptors (Lipinski definition) is 7. The molecular formula is C26H23N3O6. The third-order valence-electron chi connectivity index (χ3n) is 5.78. The summed E-state index contributed by atoms with van der Waals surface area (Å²) >= 11 is 0. The van der Waals surface area contributed by atoms with E-state index in [-0.39, 0.29) is 24.0 Å². The first kappa shape index (κ1) is 22.3. The second kappa shape index (κ2) is 9.02. The monoisotopic (exact) mass is 473 g/mol. The van der Waals surface area contributed by atoms with E-state index in [4.69, 9.17) is 13.9 Å². The first-order chi connectivity index (χ1) is 17.0. The summed E-state index contributed by atoms with van der Waals surface area (Å²) in [6.07, 6.45) is 1.55. The molecule has 178 valence electrons. The molecule has 3 heterocycles. The Morgan fingerprint density at radius 1 is 1.14 bits per heavy atom. The van der Waals surface area contributed by atoms with Crippen molar-refractivity contribution in [3.63, 3.8) is 0 Å². The molecule has 0 saturated heterocycles. The highest BCUT2D eigenvalue weighted by Crippen LogP contribution is 2.46. The van der Waals surface area contributed by atoms with Gasteiger partial charge in [-0.2, -0.15) is 5.10 Å². The number of hydrogen-bond donors (Lipinski definition) is 2. The number of anilines is 1. The molecule has 5 rings (SSSR count). The van der Waals surface area contributed by atoms with Gasteiger partial charge >= 0.3 is 5.97 Å². The van der Waals surface area contributed by atoms with Gasteiger partial charge in [0.05, 0.1) is 31.1 Å². The van der Waals surface area contributed by atoms with Crippen LogP contribution in [-0.4, -0.2) is 40.4 Å².